The number of aliphatic imine (C=N–C) groups is 1. The van der Waals surface area contributed by atoms with Crippen LogP contribution >= 0.6 is 0 Å². The van der Waals surface area contributed by atoms with Gasteiger partial charge in [0, 0.05) is 56.2 Å². The number of nitrogens with zero attached hydrogens (tertiary/aromatic N) is 4. The lowest BCUT2D eigenvalue weighted by Crippen LogP contribution is -2.26. The van der Waals surface area contributed by atoms with Crippen molar-refractivity contribution in [3.63, 3.8) is 0 Å². The monoisotopic (exact) mass is 356 g/mol. The van der Waals surface area contributed by atoms with E-state index in [2.05, 4.69) is 63.2 Å². The largest absolute Gasteiger partial charge is 0.291 e. The molecule has 0 saturated carbocycles. The zero-order chi connectivity index (χ0) is 18.5. The third-order valence-electron chi connectivity index (χ3n) is 5.09. The third kappa shape index (κ3) is 4.29. The van der Waals surface area contributed by atoms with Crippen LogP contribution in [0, 0.1) is 6.92 Å². The predicted octanol–water partition coefficient (Wildman–Crippen LogP) is 4.69. The van der Waals surface area contributed by atoms with Crippen LogP contribution in [-0.2, 0) is 13.1 Å². The zero-order valence-electron chi connectivity index (χ0n) is 15.7. The zero-order valence-corrected chi connectivity index (χ0v) is 15.7. The molecule has 0 unspecified atom stereocenters. The molecule has 0 amide bonds. The van der Waals surface area contributed by atoms with Crippen molar-refractivity contribution in [3.8, 4) is 0 Å². The first-order chi connectivity index (χ1) is 13.3. The second-order valence-electron chi connectivity index (χ2n) is 7.03. The molecule has 1 aliphatic heterocycles. The van der Waals surface area contributed by atoms with E-state index in [0.29, 0.717) is 0 Å². The molecule has 0 radical (unpaired) electrons. The summed E-state index contributed by atoms with van der Waals surface area (Å²) in [5.74, 6) is 0. The van der Waals surface area contributed by atoms with Gasteiger partial charge in [0.1, 0.15) is 0 Å². The van der Waals surface area contributed by atoms with E-state index in [-0.39, 0.29) is 0 Å². The number of aryl methyl sites for hydroxylation is 1. The molecule has 3 aromatic rings. The summed E-state index contributed by atoms with van der Waals surface area (Å²) in [6, 6.07) is 14.7. The van der Waals surface area contributed by atoms with Crippen molar-refractivity contribution >= 4 is 17.0 Å². The molecular weight excluding hydrogens is 332 g/mol. The van der Waals surface area contributed by atoms with Crippen molar-refractivity contribution in [1.82, 2.24) is 14.9 Å². The molecule has 0 aliphatic carbocycles. The number of rotatable bonds is 7. The quantitative estimate of drug-likeness (QED) is 0.617. The summed E-state index contributed by atoms with van der Waals surface area (Å²) in [6.07, 6.45) is 9.77. The molecule has 0 fully saturated rings. The van der Waals surface area contributed by atoms with Crippen LogP contribution in [0.5, 0.6) is 0 Å². The fraction of sp³-hybridized carbons (Fsp3) is 0.261. The van der Waals surface area contributed by atoms with Crippen molar-refractivity contribution in [2.24, 2.45) is 4.99 Å². The minimum absolute atomic E-state index is 0.811. The molecule has 1 aliphatic rings. The molecule has 4 nitrogen and oxygen atoms in total. The summed E-state index contributed by atoms with van der Waals surface area (Å²) in [6.45, 7) is 4.73. The number of aromatic nitrogens is 2. The minimum Gasteiger partial charge on any atom is -0.291 e. The highest BCUT2D eigenvalue weighted by atomic mass is 15.1. The molecule has 0 spiro atoms. The summed E-state index contributed by atoms with van der Waals surface area (Å²) in [5, 5.41) is 2.47. The van der Waals surface area contributed by atoms with Crippen molar-refractivity contribution < 1.29 is 0 Å². The predicted molar refractivity (Wildman–Crippen MR) is 111 cm³/mol. The van der Waals surface area contributed by atoms with Gasteiger partial charge in [-0.2, -0.15) is 0 Å². The van der Waals surface area contributed by atoms with E-state index in [0.717, 1.165) is 43.9 Å². The van der Waals surface area contributed by atoms with Crippen LogP contribution in [0.4, 0.5) is 0 Å². The van der Waals surface area contributed by atoms with Crippen LogP contribution in [-0.4, -0.2) is 27.6 Å². The van der Waals surface area contributed by atoms with Gasteiger partial charge in [-0.1, -0.05) is 30.3 Å². The Labute approximate surface area is 160 Å². The second kappa shape index (κ2) is 8.23. The van der Waals surface area contributed by atoms with E-state index in [4.69, 9.17) is 0 Å². The highest BCUT2D eigenvalue weighted by Gasteiger charge is 2.13. The molecule has 4 rings (SSSR count). The molecule has 0 N–H and O–H groups in total. The smallest absolute Gasteiger partial charge is 0.0622 e. The van der Waals surface area contributed by atoms with E-state index >= 15 is 0 Å². The summed E-state index contributed by atoms with van der Waals surface area (Å²) in [7, 11) is 0. The van der Waals surface area contributed by atoms with E-state index < -0.39 is 0 Å². The van der Waals surface area contributed by atoms with Gasteiger partial charge in [-0.25, -0.2) is 0 Å². The maximum Gasteiger partial charge on any atom is 0.0622 e. The Kier molecular flexibility index (Phi) is 5.35. The van der Waals surface area contributed by atoms with Crippen LogP contribution in [0.15, 0.2) is 71.6 Å². The molecule has 0 atom stereocenters. The van der Waals surface area contributed by atoms with E-state index in [1.165, 1.54) is 21.9 Å². The van der Waals surface area contributed by atoms with Gasteiger partial charge < -0.3 is 0 Å². The van der Waals surface area contributed by atoms with Crippen LogP contribution < -0.4 is 0 Å². The van der Waals surface area contributed by atoms with Gasteiger partial charge >= 0.3 is 0 Å². The fourth-order valence-corrected chi connectivity index (χ4v) is 3.48. The SMILES string of the molecule is Cc1cccnc1CN(CCC1=CN=CC1)Cc1nccc2ccccc12. The van der Waals surface area contributed by atoms with Gasteiger partial charge in [-0.15, -0.1) is 0 Å². The van der Waals surface area contributed by atoms with Gasteiger partial charge in [0.2, 0.25) is 0 Å². The van der Waals surface area contributed by atoms with Crippen molar-refractivity contribution in [1.29, 1.82) is 0 Å². The van der Waals surface area contributed by atoms with Crippen LogP contribution in [0.2, 0.25) is 0 Å². The molecule has 0 bridgehead atoms. The van der Waals surface area contributed by atoms with E-state index in [1.807, 2.05) is 30.9 Å². The molecular formula is C23H24N4. The summed E-state index contributed by atoms with van der Waals surface area (Å²) in [5.41, 5.74) is 4.88. The number of fused-ring (bicyclic) bond motifs is 1. The second-order valence-corrected chi connectivity index (χ2v) is 7.03. The molecule has 1 aromatic carbocycles. The number of pyridine rings is 2. The Bertz CT molecular complexity index is 985. The van der Waals surface area contributed by atoms with Crippen molar-refractivity contribution in [2.45, 2.75) is 32.9 Å². The van der Waals surface area contributed by atoms with Gasteiger partial charge in [-0.05, 0) is 42.0 Å². The highest BCUT2D eigenvalue weighted by Crippen LogP contribution is 2.20. The van der Waals surface area contributed by atoms with E-state index in [9.17, 15) is 0 Å². The van der Waals surface area contributed by atoms with Crippen LogP contribution in [0.25, 0.3) is 10.8 Å². The molecule has 4 heteroatoms. The van der Waals surface area contributed by atoms with Crippen molar-refractivity contribution in [2.75, 3.05) is 6.54 Å². The Morgan fingerprint density at radius 1 is 0.926 bits per heavy atom. The lowest BCUT2D eigenvalue weighted by atomic mass is 10.1. The van der Waals surface area contributed by atoms with E-state index in [1.54, 1.807) is 0 Å². The fourth-order valence-electron chi connectivity index (χ4n) is 3.48. The standard InChI is InChI=1S/C23H24N4/c1-18-5-4-11-25-22(18)16-27(14-10-19-8-12-24-15-19)17-23-21-7-3-2-6-20(21)9-13-26-23/h2-7,9,11-13,15H,8,10,14,16-17H2,1H3. The van der Waals surface area contributed by atoms with Gasteiger partial charge in [0.25, 0.3) is 0 Å². The first kappa shape index (κ1) is 17.6. The number of hydrogen-bond acceptors (Lipinski definition) is 4. The summed E-state index contributed by atoms with van der Waals surface area (Å²) in [4.78, 5) is 16.0. The Morgan fingerprint density at radius 2 is 1.78 bits per heavy atom. The van der Waals surface area contributed by atoms with Gasteiger partial charge in [-0.3, -0.25) is 19.9 Å². The first-order valence-corrected chi connectivity index (χ1v) is 9.44. The maximum atomic E-state index is 4.69. The maximum absolute atomic E-state index is 4.69. The van der Waals surface area contributed by atoms with Gasteiger partial charge in [0.15, 0.2) is 0 Å². The first-order valence-electron chi connectivity index (χ1n) is 9.44. The van der Waals surface area contributed by atoms with Crippen LogP contribution in [0.1, 0.15) is 29.8 Å². The highest BCUT2D eigenvalue weighted by molar-refractivity contribution is 5.84. The average Bonchev–Trinajstić information content (AvgIpc) is 3.22. The minimum atomic E-state index is 0.811. The van der Waals surface area contributed by atoms with Crippen LogP contribution in [0.3, 0.4) is 0 Å². The van der Waals surface area contributed by atoms with Gasteiger partial charge in [0.05, 0.1) is 11.4 Å². The lowest BCUT2D eigenvalue weighted by Gasteiger charge is -2.23. The molecule has 27 heavy (non-hydrogen) atoms. The Hall–Kier alpha value is -2.85. The Morgan fingerprint density at radius 3 is 2.63 bits per heavy atom. The molecule has 2 aromatic heterocycles. The molecule has 0 saturated heterocycles. The normalized spacial score (nSPS) is 13.5. The third-order valence-corrected chi connectivity index (χ3v) is 5.09. The summed E-state index contributed by atoms with van der Waals surface area (Å²) >= 11 is 0. The average molecular weight is 356 g/mol. The molecule has 136 valence electrons. The summed E-state index contributed by atoms with van der Waals surface area (Å²) < 4.78 is 0. The van der Waals surface area contributed by atoms with Crippen molar-refractivity contribution in [3.05, 3.63) is 83.6 Å². The number of hydrogen-bond donors (Lipinski definition) is 0. The topological polar surface area (TPSA) is 41.4 Å². The number of benzene rings is 1. The molecule has 3 heterocycles. The lowest BCUT2D eigenvalue weighted by molar-refractivity contribution is 0.254. The Balaban J connectivity index is 1.57.